The summed E-state index contributed by atoms with van der Waals surface area (Å²) >= 11 is 0. The molecule has 1 heterocycles. The van der Waals surface area contributed by atoms with E-state index in [0.29, 0.717) is 11.9 Å². The molecule has 0 amide bonds. The van der Waals surface area contributed by atoms with E-state index in [1.54, 1.807) is 0 Å². The lowest BCUT2D eigenvalue weighted by molar-refractivity contribution is 0.176. The predicted molar refractivity (Wildman–Crippen MR) is 82.7 cm³/mol. The molecule has 0 aromatic rings. The largest absolute Gasteiger partial charge is 0.387 e. The van der Waals surface area contributed by atoms with Crippen LogP contribution in [-0.2, 0) is 0 Å². The number of hydrogen-bond donors (Lipinski definition) is 2. The lowest BCUT2D eigenvalue weighted by atomic mass is 9.86. The van der Waals surface area contributed by atoms with Gasteiger partial charge in [0.25, 0.3) is 0 Å². The van der Waals surface area contributed by atoms with E-state index >= 15 is 0 Å². The molecule has 0 aromatic carbocycles. The molecule has 0 spiro atoms. The van der Waals surface area contributed by atoms with Gasteiger partial charge in [0.15, 0.2) is 0 Å². The fourth-order valence-corrected chi connectivity index (χ4v) is 2.83. The summed E-state index contributed by atoms with van der Waals surface area (Å²) in [4.78, 5) is 5.09. The van der Waals surface area contributed by atoms with Crippen molar-refractivity contribution in [2.45, 2.75) is 52.5 Å². The van der Waals surface area contributed by atoms with E-state index in [9.17, 15) is 0 Å². The van der Waals surface area contributed by atoms with Crippen LogP contribution >= 0.6 is 0 Å². The molecule has 112 valence electrons. The average Bonchev–Trinajstić information content (AvgIpc) is 2.50. The van der Waals surface area contributed by atoms with E-state index in [1.807, 2.05) is 0 Å². The minimum absolute atomic E-state index is 0.148. The monoisotopic (exact) mass is 268 g/mol. The highest BCUT2D eigenvalue weighted by atomic mass is 15.2. The molecule has 1 atom stereocenters. The first-order valence-electron chi connectivity index (χ1n) is 7.64. The van der Waals surface area contributed by atoms with Crippen LogP contribution in [-0.4, -0.2) is 54.9 Å². The van der Waals surface area contributed by atoms with Crippen molar-refractivity contribution in [3.8, 4) is 0 Å². The molecule has 3 N–H and O–H groups in total. The maximum atomic E-state index is 7.61. The van der Waals surface area contributed by atoms with Gasteiger partial charge >= 0.3 is 0 Å². The second kappa shape index (κ2) is 7.25. The van der Waals surface area contributed by atoms with Crippen LogP contribution in [0, 0.1) is 10.8 Å². The molecule has 1 aliphatic heterocycles. The van der Waals surface area contributed by atoms with E-state index < -0.39 is 0 Å². The number of nitrogens with zero attached hydrogens (tertiary/aromatic N) is 2. The average molecular weight is 268 g/mol. The summed E-state index contributed by atoms with van der Waals surface area (Å²) in [6.45, 7) is 11.2. The zero-order valence-electron chi connectivity index (χ0n) is 13.2. The van der Waals surface area contributed by atoms with Crippen LogP contribution in [0.5, 0.6) is 0 Å². The fraction of sp³-hybridized carbons (Fsp3) is 0.933. The third-order valence-corrected chi connectivity index (χ3v) is 4.47. The zero-order chi connectivity index (χ0) is 14.5. The van der Waals surface area contributed by atoms with Gasteiger partial charge in [0.2, 0.25) is 0 Å². The first kappa shape index (κ1) is 16.4. The molecule has 1 saturated heterocycles. The summed E-state index contributed by atoms with van der Waals surface area (Å²) in [5.74, 6) is 0.315. The lowest BCUT2D eigenvalue weighted by Crippen LogP contribution is -2.40. The molecule has 1 rings (SSSR count). The standard InChI is InChI=1S/C15H32N4/c1-5-13-12-18(4)9-7-11-19(13)10-6-8-15(2,3)14(16)17/h13H,5-12H2,1-4H3,(H3,16,17). The Balaban J connectivity index is 2.44. The minimum atomic E-state index is -0.148. The summed E-state index contributed by atoms with van der Waals surface area (Å²) in [7, 11) is 2.23. The Bertz CT molecular complexity index is 288. The van der Waals surface area contributed by atoms with Crippen molar-refractivity contribution >= 4 is 5.84 Å². The lowest BCUT2D eigenvalue weighted by Gasteiger charge is -2.31. The van der Waals surface area contributed by atoms with Crippen LogP contribution in [0.4, 0.5) is 0 Å². The Morgan fingerprint density at radius 3 is 2.63 bits per heavy atom. The van der Waals surface area contributed by atoms with Gasteiger partial charge in [0.05, 0.1) is 5.84 Å². The van der Waals surface area contributed by atoms with Gasteiger partial charge < -0.3 is 10.6 Å². The molecule has 19 heavy (non-hydrogen) atoms. The second-order valence-electron chi connectivity index (χ2n) is 6.61. The van der Waals surface area contributed by atoms with Gasteiger partial charge in [-0.2, -0.15) is 0 Å². The molecular weight excluding hydrogens is 236 g/mol. The van der Waals surface area contributed by atoms with Gasteiger partial charge in [-0.25, -0.2) is 0 Å². The van der Waals surface area contributed by atoms with Crippen LogP contribution in [0.25, 0.3) is 0 Å². The highest BCUT2D eigenvalue weighted by Crippen LogP contribution is 2.22. The fourth-order valence-electron chi connectivity index (χ4n) is 2.83. The number of nitrogens with one attached hydrogen (secondary N) is 1. The first-order chi connectivity index (χ1) is 8.86. The zero-order valence-corrected chi connectivity index (χ0v) is 13.2. The number of rotatable bonds is 6. The van der Waals surface area contributed by atoms with Crippen LogP contribution in [0.3, 0.4) is 0 Å². The smallest absolute Gasteiger partial charge is 0.0963 e. The minimum Gasteiger partial charge on any atom is -0.387 e. The number of amidine groups is 1. The topological polar surface area (TPSA) is 56.4 Å². The Hall–Kier alpha value is -0.610. The predicted octanol–water partition coefficient (Wildman–Crippen LogP) is 2.14. The maximum Gasteiger partial charge on any atom is 0.0963 e. The second-order valence-corrected chi connectivity index (χ2v) is 6.61. The van der Waals surface area contributed by atoms with E-state index in [-0.39, 0.29) is 5.41 Å². The van der Waals surface area contributed by atoms with E-state index in [2.05, 4.69) is 37.6 Å². The van der Waals surface area contributed by atoms with Crippen molar-refractivity contribution in [3.05, 3.63) is 0 Å². The van der Waals surface area contributed by atoms with Crippen molar-refractivity contribution in [1.82, 2.24) is 9.80 Å². The molecule has 4 nitrogen and oxygen atoms in total. The number of likely N-dealkylation sites (N-methyl/N-ethyl adjacent to an activating group) is 1. The van der Waals surface area contributed by atoms with Crippen LogP contribution in [0.15, 0.2) is 0 Å². The number of nitrogens with two attached hydrogens (primary N) is 1. The van der Waals surface area contributed by atoms with E-state index in [4.69, 9.17) is 11.1 Å². The Labute approximate surface area is 118 Å². The molecule has 0 aliphatic carbocycles. The maximum absolute atomic E-state index is 7.61. The van der Waals surface area contributed by atoms with Gasteiger partial charge in [-0.05, 0) is 52.4 Å². The SMILES string of the molecule is CCC1CN(C)CCCN1CCCC(C)(C)C(=N)N. The molecule has 1 fully saturated rings. The van der Waals surface area contributed by atoms with Crippen LogP contribution in [0.1, 0.15) is 46.5 Å². The van der Waals surface area contributed by atoms with Crippen molar-refractivity contribution in [2.24, 2.45) is 11.1 Å². The molecule has 0 bridgehead atoms. The Morgan fingerprint density at radius 1 is 1.37 bits per heavy atom. The van der Waals surface area contributed by atoms with Crippen molar-refractivity contribution in [2.75, 3.05) is 33.2 Å². The van der Waals surface area contributed by atoms with Crippen molar-refractivity contribution in [1.29, 1.82) is 5.41 Å². The Kier molecular flexibility index (Phi) is 6.27. The van der Waals surface area contributed by atoms with Crippen LogP contribution in [0.2, 0.25) is 0 Å². The van der Waals surface area contributed by atoms with Crippen LogP contribution < -0.4 is 5.73 Å². The summed E-state index contributed by atoms with van der Waals surface area (Å²) < 4.78 is 0. The third-order valence-electron chi connectivity index (χ3n) is 4.47. The first-order valence-corrected chi connectivity index (χ1v) is 7.64. The van der Waals surface area contributed by atoms with Crippen molar-refractivity contribution < 1.29 is 0 Å². The van der Waals surface area contributed by atoms with Gasteiger partial charge in [0, 0.05) is 18.0 Å². The molecule has 1 unspecified atom stereocenters. The molecular formula is C15H32N4. The highest BCUT2D eigenvalue weighted by Gasteiger charge is 2.24. The summed E-state index contributed by atoms with van der Waals surface area (Å²) in [5.41, 5.74) is 5.50. The molecule has 0 radical (unpaired) electrons. The third kappa shape index (κ3) is 5.11. The molecule has 4 heteroatoms. The normalized spacial score (nSPS) is 23.3. The highest BCUT2D eigenvalue weighted by molar-refractivity contribution is 5.82. The van der Waals surface area contributed by atoms with Gasteiger partial charge in [0.1, 0.15) is 0 Å². The van der Waals surface area contributed by atoms with Crippen molar-refractivity contribution in [3.63, 3.8) is 0 Å². The van der Waals surface area contributed by atoms with Gasteiger partial charge in [-0.3, -0.25) is 10.3 Å². The van der Waals surface area contributed by atoms with Gasteiger partial charge in [-0.15, -0.1) is 0 Å². The Morgan fingerprint density at radius 2 is 2.05 bits per heavy atom. The van der Waals surface area contributed by atoms with Gasteiger partial charge in [-0.1, -0.05) is 20.8 Å². The summed E-state index contributed by atoms with van der Waals surface area (Å²) in [5, 5.41) is 7.61. The van der Waals surface area contributed by atoms with E-state index in [0.717, 1.165) is 19.4 Å². The summed E-state index contributed by atoms with van der Waals surface area (Å²) in [6, 6.07) is 0.688. The molecule has 0 saturated carbocycles. The van der Waals surface area contributed by atoms with E-state index in [1.165, 1.54) is 32.5 Å². The quantitative estimate of drug-likeness (QED) is 0.573. The summed E-state index contributed by atoms with van der Waals surface area (Å²) in [6.07, 6.45) is 4.63. The molecule has 1 aliphatic rings. The number of hydrogen-bond acceptors (Lipinski definition) is 3. The molecule has 0 aromatic heterocycles.